The minimum atomic E-state index is 0. The van der Waals surface area contributed by atoms with Crippen molar-refractivity contribution in [2.45, 2.75) is 20.8 Å². The van der Waals surface area contributed by atoms with Crippen molar-refractivity contribution in [2.24, 2.45) is 7.05 Å². The molecule has 0 aliphatic rings. The maximum atomic E-state index is 8.86. The van der Waals surface area contributed by atoms with Gasteiger partial charge in [0, 0.05) is 30.6 Å². The van der Waals surface area contributed by atoms with Gasteiger partial charge in [-0.1, -0.05) is 39.1 Å². The fourth-order valence-electron chi connectivity index (χ4n) is 1.95. The van der Waals surface area contributed by atoms with Crippen LogP contribution in [0, 0.1) is 18.3 Å². The average molecular weight is 313 g/mol. The van der Waals surface area contributed by atoms with Gasteiger partial charge in [0.15, 0.2) is 0 Å². The zero-order valence-corrected chi connectivity index (χ0v) is 15.6. The number of rotatable bonds is 2. The summed E-state index contributed by atoms with van der Waals surface area (Å²) < 4.78 is 2.05. The number of aromatic nitrogens is 1. The number of nitriles is 1. The second-order valence-electron chi connectivity index (χ2n) is 5.56. The van der Waals surface area contributed by atoms with E-state index in [2.05, 4.69) is 38.3 Å². The number of allylic oxidation sites excluding steroid dienone is 2. The highest BCUT2D eigenvalue weighted by molar-refractivity contribution is 5.89. The molecular formula is C20H31N3. The summed E-state index contributed by atoms with van der Waals surface area (Å²) in [7, 11) is 7.98. The van der Waals surface area contributed by atoms with Gasteiger partial charge in [0.2, 0.25) is 0 Å². The molecule has 0 atom stereocenters. The summed E-state index contributed by atoms with van der Waals surface area (Å²) in [6.45, 7) is 13.7. The van der Waals surface area contributed by atoms with Crippen LogP contribution in [0.2, 0.25) is 0 Å². The number of nitrogens with zero attached hydrogens (tertiary/aromatic N) is 3. The molecule has 0 N–H and O–H groups in total. The van der Waals surface area contributed by atoms with Crippen LogP contribution in [0.25, 0.3) is 16.5 Å². The van der Waals surface area contributed by atoms with Crippen LogP contribution in [0.4, 0.5) is 0 Å². The van der Waals surface area contributed by atoms with Crippen LogP contribution in [-0.4, -0.2) is 30.6 Å². The first-order valence-electron chi connectivity index (χ1n) is 7.73. The lowest BCUT2D eigenvalue weighted by atomic mass is 10.1. The van der Waals surface area contributed by atoms with Crippen LogP contribution in [0.3, 0.4) is 0 Å². The third-order valence-electron chi connectivity index (χ3n) is 3.01. The monoisotopic (exact) mass is 313 g/mol. The van der Waals surface area contributed by atoms with E-state index in [1.54, 1.807) is 0 Å². The molecule has 1 aromatic carbocycles. The van der Waals surface area contributed by atoms with E-state index >= 15 is 0 Å². The Morgan fingerprint density at radius 1 is 1.17 bits per heavy atom. The molecule has 3 heteroatoms. The predicted octanol–water partition coefficient (Wildman–Crippen LogP) is 5.03. The van der Waals surface area contributed by atoms with Gasteiger partial charge in [-0.3, -0.25) is 0 Å². The van der Waals surface area contributed by atoms with Crippen molar-refractivity contribution in [1.82, 2.24) is 9.47 Å². The summed E-state index contributed by atoms with van der Waals surface area (Å²) in [5, 5.41) is 10.0. The molecule has 0 aliphatic carbocycles. The van der Waals surface area contributed by atoms with Gasteiger partial charge in [-0.25, -0.2) is 0 Å². The molecule has 126 valence electrons. The molecule has 0 spiro atoms. The Labute approximate surface area is 142 Å². The molecule has 0 radical (unpaired) electrons. The first-order chi connectivity index (χ1) is 10.8. The van der Waals surface area contributed by atoms with E-state index in [1.807, 2.05) is 63.6 Å². The van der Waals surface area contributed by atoms with Gasteiger partial charge < -0.3 is 9.47 Å². The molecule has 3 nitrogen and oxygen atoms in total. The van der Waals surface area contributed by atoms with Crippen molar-refractivity contribution in [2.75, 3.05) is 21.1 Å². The van der Waals surface area contributed by atoms with E-state index in [9.17, 15) is 0 Å². The number of hydrogen-bond donors (Lipinski definition) is 0. The molecule has 2 aromatic rings. The molecule has 0 bridgehead atoms. The van der Waals surface area contributed by atoms with E-state index in [1.165, 1.54) is 5.56 Å². The first-order valence-corrected chi connectivity index (χ1v) is 7.73. The Hall–Kier alpha value is -2.31. The highest BCUT2D eigenvalue weighted by Crippen LogP contribution is 2.27. The maximum absolute atomic E-state index is 8.86. The highest BCUT2D eigenvalue weighted by atomic mass is 15.0. The summed E-state index contributed by atoms with van der Waals surface area (Å²) in [6.07, 6.45) is 0. The topological polar surface area (TPSA) is 32.0 Å². The molecule has 23 heavy (non-hydrogen) atoms. The van der Waals surface area contributed by atoms with Crippen molar-refractivity contribution in [3.63, 3.8) is 0 Å². The van der Waals surface area contributed by atoms with Gasteiger partial charge in [-0.2, -0.15) is 5.26 Å². The SMILES string of the molecule is C=C(C#N)C(=C)c1cc2ccc(C)cc2n1C.CC.CN(C)C.[HH]. The molecule has 1 heterocycles. The second-order valence-corrected chi connectivity index (χ2v) is 5.56. The lowest BCUT2D eigenvalue weighted by Crippen LogP contribution is -1.99. The van der Waals surface area contributed by atoms with Gasteiger partial charge in [-0.05, 0) is 45.8 Å². The Morgan fingerprint density at radius 2 is 1.70 bits per heavy atom. The van der Waals surface area contributed by atoms with Gasteiger partial charge in [0.25, 0.3) is 0 Å². The van der Waals surface area contributed by atoms with Gasteiger partial charge in [-0.15, -0.1) is 0 Å². The number of fused-ring (bicyclic) bond motifs is 1. The van der Waals surface area contributed by atoms with Crippen LogP contribution in [0.5, 0.6) is 0 Å². The third-order valence-corrected chi connectivity index (χ3v) is 3.01. The Balaban J connectivity index is 0. The summed E-state index contributed by atoms with van der Waals surface area (Å²) >= 11 is 0. The van der Waals surface area contributed by atoms with Crippen molar-refractivity contribution in [1.29, 1.82) is 5.26 Å². The molecule has 0 amide bonds. The Kier molecular flexibility index (Phi) is 8.69. The smallest absolute Gasteiger partial charge is 0.0992 e. The average Bonchev–Trinajstić information content (AvgIpc) is 2.84. The van der Waals surface area contributed by atoms with Crippen LogP contribution in [0.1, 0.15) is 26.5 Å². The minimum Gasteiger partial charge on any atom is -0.344 e. The molecule has 0 saturated carbocycles. The van der Waals surface area contributed by atoms with Crippen LogP contribution < -0.4 is 0 Å². The largest absolute Gasteiger partial charge is 0.344 e. The van der Waals surface area contributed by atoms with E-state index in [0.717, 1.165) is 16.6 Å². The van der Waals surface area contributed by atoms with E-state index in [-0.39, 0.29) is 1.43 Å². The molecule has 0 unspecified atom stereocenters. The molecular weight excluding hydrogens is 282 g/mol. The third kappa shape index (κ3) is 5.77. The minimum absolute atomic E-state index is 0. The fraction of sp³-hybridized carbons (Fsp3) is 0.350. The maximum Gasteiger partial charge on any atom is 0.0992 e. The van der Waals surface area contributed by atoms with Gasteiger partial charge >= 0.3 is 0 Å². The van der Waals surface area contributed by atoms with E-state index in [0.29, 0.717) is 11.1 Å². The lowest BCUT2D eigenvalue weighted by molar-refractivity contribution is 0.505. The fourth-order valence-corrected chi connectivity index (χ4v) is 1.95. The van der Waals surface area contributed by atoms with Crippen LogP contribution in [-0.2, 0) is 7.05 Å². The van der Waals surface area contributed by atoms with Crippen molar-refractivity contribution in [3.05, 3.63) is 54.3 Å². The molecule has 0 aliphatic heterocycles. The normalized spacial score (nSPS) is 9.35. The molecule has 2 rings (SSSR count). The molecule has 0 saturated heterocycles. The number of aryl methyl sites for hydroxylation is 2. The van der Waals surface area contributed by atoms with Gasteiger partial charge in [0.05, 0.1) is 11.6 Å². The van der Waals surface area contributed by atoms with Crippen LogP contribution >= 0.6 is 0 Å². The molecule has 1 aromatic heterocycles. The van der Waals surface area contributed by atoms with Crippen molar-refractivity contribution >= 4 is 16.5 Å². The quantitative estimate of drug-likeness (QED) is 0.575. The standard InChI is InChI=1S/C15H14N2.C3H9N.C2H6.H2/c1-10-5-6-13-8-14(12(3)11(2)9-16)17(4)15(13)7-10;1-4(2)3;1-2;/h5-8H,2-3H2,1,4H3;1-3H3;1-2H3;1H. The lowest BCUT2D eigenvalue weighted by Gasteiger charge is -2.05. The van der Waals surface area contributed by atoms with Crippen molar-refractivity contribution < 1.29 is 1.43 Å². The van der Waals surface area contributed by atoms with E-state index < -0.39 is 0 Å². The Bertz CT molecular complexity index is 716. The Morgan fingerprint density at radius 3 is 2.17 bits per heavy atom. The predicted molar refractivity (Wildman–Crippen MR) is 105 cm³/mol. The highest BCUT2D eigenvalue weighted by Gasteiger charge is 2.10. The summed E-state index contributed by atoms with van der Waals surface area (Å²) in [4.78, 5) is 2.00. The van der Waals surface area contributed by atoms with Crippen LogP contribution in [0.15, 0.2) is 43.0 Å². The zero-order chi connectivity index (χ0) is 18.2. The summed E-state index contributed by atoms with van der Waals surface area (Å²) in [6, 6.07) is 10.4. The summed E-state index contributed by atoms with van der Waals surface area (Å²) in [5.74, 6) is 0. The molecule has 0 fully saturated rings. The van der Waals surface area contributed by atoms with E-state index in [4.69, 9.17) is 5.26 Å². The first kappa shape index (κ1) is 20.7. The second kappa shape index (κ2) is 9.66. The summed E-state index contributed by atoms with van der Waals surface area (Å²) in [5.41, 5.74) is 4.40. The van der Waals surface area contributed by atoms with Gasteiger partial charge in [0.1, 0.15) is 0 Å². The number of benzene rings is 1. The van der Waals surface area contributed by atoms with Crippen molar-refractivity contribution in [3.8, 4) is 6.07 Å². The number of hydrogen-bond acceptors (Lipinski definition) is 2. The zero-order valence-electron chi connectivity index (χ0n) is 15.6.